The lowest BCUT2D eigenvalue weighted by molar-refractivity contribution is -0.118. The van der Waals surface area contributed by atoms with Crippen LogP contribution in [0.15, 0.2) is 21.9 Å². The minimum Gasteiger partial charge on any atom is -0.394 e. The quantitative estimate of drug-likeness (QED) is 0.620. The monoisotopic (exact) mass is 258 g/mol. The van der Waals surface area contributed by atoms with E-state index in [-0.39, 0.29) is 6.61 Å². The molecule has 0 radical (unpaired) electrons. The van der Waals surface area contributed by atoms with E-state index in [1.165, 1.54) is 16.8 Å². The van der Waals surface area contributed by atoms with Crippen LogP contribution in [0.1, 0.15) is 26.5 Å². The van der Waals surface area contributed by atoms with E-state index in [1.54, 1.807) is 13.8 Å². The van der Waals surface area contributed by atoms with Gasteiger partial charge < -0.3 is 14.9 Å². The van der Waals surface area contributed by atoms with Crippen LogP contribution in [0.2, 0.25) is 0 Å². The van der Waals surface area contributed by atoms with Crippen molar-refractivity contribution in [2.75, 3.05) is 6.61 Å². The fourth-order valence-electron chi connectivity index (χ4n) is 1.55. The van der Waals surface area contributed by atoms with Crippen molar-refractivity contribution < 1.29 is 14.9 Å². The number of aromatic nitrogens is 2. The van der Waals surface area contributed by atoms with Gasteiger partial charge in [-0.3, -0.25) is 14.3 Å². The Hall–Kier alpha value is -1.44. The second-order valence-corrected chi connectivity index (χ2v) is 3.95. The van der Waals surface area contributed by atoms with Crippen molar-refractivity contribution in [3.05, 3.63) is 33.1 Å². The van der Waals surface area contributed by atoms with E-state index in [0.29, 0.717) is 6.42 Å². The van der Waals surface area contributed by atoms with E-state index < -0.39 is 29.7 Å². The zero-order chi connectivity index (χ0) is 13.7. The van der Waals surface area contributed by atoms with Crippen molar-refractivity contribution in [1.29, 1.82) is 0 Å². The molecular formula is C11H18N2O5. The Bertz CT molecular complexity index is 481. The minimum absolute atomic E-state index is 0.350. The normalized spacial score (nSPS) is 16.2. The van der Waals surface area contributed by atoms with Crippen LogP contribution in [0, 0.1) is 0 Å². The van der Waals surface area contributed by atoms with E-state index >= 15 is 0 Å². The second kappa shape index (κ2) is 6.48. The zero-order valence-electron chi connectivity index (χ0n) is 10.4. The fraction of sp³-hybridized carbons (Fsp3) is 0.636. The number of H-pyrrole nitrogens is 1. The van der Waals surface area contributed by atoms with Crippen molar-refractivity contribution in [2.45, 2.75) is 38.7 Å². The highest BCUT2D eigenvalue weighted by Gasteiger charge is 2.21. The highest BCUT2D eigenvalue weighted by atomic mass is 16.5. The lowest BCUT2D eigenvalue weighted by Gasteiger charge is -2.25. The Morgan fingerprint density at radius 2 is 2.17 bits per heavy atom. The summed E-state index contributed by atoms with van der Waals surface area (Å²) < 4.78 is 6.57. The summed E-state index contributed by atoms with van der Waals surface area (Å²) in [6.45, 7) is 3.00. The van der Waals surface area contributed by atoms with Crippen molar-refractivity contribution in [3.63, 3.8) is 0 Å². The average molecular weight is 258 g/mol. The summed E-state index contributed by atoms with van der Waals surface area (Å²) in [4.78, 5) is 24.5. The fourth-order valence-corrected chi connectivity index (χ4v) is 1.55. The molecule has 7 heteroatoms. The average Bonchev–Trinajstić information content (AvgIpc) is 2.34. The maximum atomic E-state index is 11.5. The molecule has 1 rings (SSSR count). The van der Waals surface area contributed by atoms with Gasteiger partial charge in [0.2, 0.25) is 0 Å². The Morgan fingerprint density at radius 3 is 2.67 bits per heavy atom. The second-order valence-electron chi connectivity index (χ2n) is 3.95. The molecule has 0 bridgehead atoms. The number of rotatable bonds is 6. The predicted octanol–water partition coefficient (Wildman–Crippen LogP) is -0.797. The first-order valence-corrected chi connectivity index (χ1v) is 5.75. The number of nitrogens with one attached hydrogen (secondary N) is 1. The smallest absolute Gasteiger partial charge is 0.330 e. The molecule has 0 saturated heterocycles. The van der Waals surface area contributed by atoms with Crippen molar-refractivity contribution in [2.24, 2.45) is 0 Å². The SMILES string of the molecule is CCC(O)[C@@H](CO)OC(C)n1ccc(=O)[nH]c1=O. The van der Waals surface area contributed by atoms with Gasteiger partial charge in [0.1, 0.15) is 12.3 Å². The van der Waals surface area contributed by atoms with Crippen LogP contribution >= 0.6 is 0 Å². The summed E-state index contributed by atoms with van der Waals surface area (Å²) in [6.07, 6.45) is -0.552. The summed E-state index contributed by atoms with van der Waals surface area (Å²) in [6, 6.07) is 1.20. The maximum absolute atomic E-state index is 11.5. The molecule has 3 N–H and O–H groups in total. The van der Waals surface area contributed by atoms with E-state index in [4.69, 9.17) is 9.84 Å². The third kappa shape index (κ3) is 3.52. The van der Waals surface area contributed by atoms with Gasteiger partial charge in [0.15, 0.2) is 0 Å². The van der Waals surface area contributed by atoms with Crippen LogP contribution in [-0.2, 0) is 4.74 Å². The van der Waals surface area contributed by atoms with Crippen LogP contribution < -0.4 is 11.2 Å². The molecule has 0 saturated carbocycles. The van der Waals surface area contributed by atoms with Crippen LogP contribution in [-0.4, -0.2) is 38.6 Å². The molecule has 0 aliphatic rings. The maximum Gasteiger partial charge on any atom is 0.330 e. The molecule has 0 spiro atoms. The number of aliphatic hydroxyl groups is 2. The number of nitrogens with zero attached hydrogens (tertiary/aromatic N) is 1. The third-order valence-electron chi connectivity index (χ3n) is 2.64. The van der Waals surface area contributed by atoms with E-state index in [1.807, 2.05) is 0 Å². The summed E-state index contributed by atoms with van der Waals surface area (Å²) in [5, 5.41) is 18.7. The Kier molecular flexibility index (Phi) is 5.26. The van der Waals surface area contributed by atoms with Crippen molar-refractivity contribution in [1.82, 2.24) is 9.55 Å². The summed E-state index contributed by atoms with van der Waals surface area (Å²) in [5.41, 5.74) is -1.09. The lowest BCUT2D eigenvalue weighted by Crippen LogP contribution is -2.37. The lowest BCUT2D eigenvalue weighted by atomic mass is 10.1. The number of hydrogen-bond acceptors (Lipinski definition) is 5. The molecular weight excluding hydrogens is 240 g/mol. The first-order valence-electron chi connectivity index (χ1n) is 5.75. The zero-order valence-corrected chi connectivity index (χ0v) is 10.4. The largest absolute Gasteiger partial charge is 0.394 e. The molecule has 1 aromatic rings. The first kappa shape index (κ1) is 14.6. The Labute approximate surface area is 104 Å². The summed E-state index contributed by atoms with van der Waals surface area (Å²) in [7, 11) is 0. The highest BCUT2D eigenvalue weighted by molar-refractivity contribution is 4.83. The van der Waals surface area contributed by atoms with Gasteiger partial charge in [0.05, 0.1) is 12.7 Å². The van der Waals surface area contributed by atoms with Crippen LogP contribution in [0.4, 0.5) is 0 Å². The Balaban J connectivity index is 2.84. The van der Waals surface area contributed by atoms with E-state index in [2.05, 4.69) is 4.98 Å². The van der Waals surface area contributed by atoms with Gasteiger partial charge in [-0.15, -0.1) is 0 Å². The third-order valence-corrected chi connectivity index (χ3v) is 2.64. The van der Waals surface area contributed by atoms with Crippen LogP contribution in [0.25, 0.3) is 0 Å². The van der Waals surface area contributed by atoms with Crippen LogP contribution in [0.5, 0.6) is 0 Å². The van der Waals surface area contributed by atoms with Gasteiger partial charge >= 0.3 is 5.69 Å². The predicted molar refractivity (Wildman–Crippen MR) is 64.3 cm³/mol. The minimum atomic E-state index is -0.809. The molecule has 0 aliphatic heterocycles. The number of aliphatic hydroxyl groups excluding tert-OH is 2. The van der Waals surface area contributed by atoms with Gasteiger partial charge in [-0.25, -0.2) is 4.79 Å². The number of aromatic amines is 1. The molecule has 7 nitrogen and oxygen atoms in total. The van der Waals surface area contributed by atoms with Gasteiger partial charge in [-0.2, -0.15) is 0 Å². The van der Waals surface area contributed by atoms with Crippen molar-refractivity contribution >= 4 is 0 Å². The molecule has 1 aromatic heterocycles. The standard InChI is InChI=1S/C11H18N2O5/c1-3-8(15)9(6-14)18-7(2)13-5-4-10(16)12-11(13)17/h4-5,7-9,14-15H,3,6H2,1-2H3,(H,12,16,17)/t7?,8?,9-/m1/s1. The molecule has 0 aromatic carbocycles. The highest BCUT2D eigenvalue weighted by Crippen LogP contribution is 2.11. The molecule has 0 fully saturated rings. The van der Waals surface area contributed by atoms with Crippen molar-refractivity contribution in [3.8, 4) is 0 Å². The van der Waals surface area contributed by atoms with Gasteiger partial charge in [-0.1, -0.05) is 6.92 Å². The molecule has 3 atom stereocenters. The van der Waals surface area contributed by atoms with Gasteiger partial charge in [0, 0.05) is 12.3 Å². The van der Waals surface area contributed by atoms with E-state index in [0.717, 1.165) is 0 Å². The molecule has 18 heavy (non-hydrogen) atoms. The Morgan fingerprint density at radius 1 is 1.50 bits per heavy atom. The van der Waals surface area contributed by atoms with E-state index in [9.17, 15) is 14.7 Å². The van der Waals surface area contributed by atoms with Crippen LogP contribution in [0.3, 0.4) is 0 Å². The van der Waals surface area contributed by atoms with Gasteiger partial charge in [0.25, 0.3) is 5.56 Å². The summed E-state index contributed by atoms with van der Waals surface area (Å²) >= 11 is 0. The molecule has 1 heterocycles. The topological polar surface area (TPSA) is 105 Å². The molecule has 0 aliphatic carbocycles. The molecule has 102 valence electrons. The first-order chi connectivity index (χ1) is 8.49. The summed E-state index contributed by atoms with van der Waals surface area (Å²) in [5.74, 6) is 0. The number of hydrogen-bond donors (Lipinski definition) is 3. The molecule has 2 unspecified atom stereocenters. The number of ether oxygens (including phenoxy) is 1. The van der Waals surface area contributed by atoms with Gasteiger partial charge in [-0.05, 0) is 13.3 Å². The molecule has 0 amide bonds.